The normalized spacial score (nSPS) is 11.8. The highest BCUT2D eigenvalue weighted by atomic mass is 35.5. The Labute approximate surface area is 126 Å². The van der Waals surface area contributed by atoms with Crippen molar-refractivity contribution < 1.29 is 8.42 Å². The van der Waals surface area contributed by atoms with Gasteiger partial charge in [0.25, 0.3) is 0 Å². The molecule has 20 heavy (non-hydrogen) atoms. The zero-order valence-corrected chi connectivity index (χ0v) is 13.1. The largest absolute Gasteiger partial charge is 0.326 e. The molecule has 0 aliphatic carbocycles. The minimum absolute atomic E-state index is 0.149. The first-order chi connectivity index (χ1) is 9.44. The summed E-state index contributed by atoms with van der Waals surface area (Å²) < 4.78 is 27.2. The first-order valence-corrected chi connectivity index (χ1v) is 8.60. The zero-order chi connectivity index (χ0) is 14.8. The van der Waals surface area contributed by atoms with Crippen LogP contribution in [0, 0.1) is 6.92 Å². The Bertz CT molecular complexity index is 700. The number of aromatic nitrogens is 1. The lowest BCUT2D eigenvalue weighted by atomic mass is 10.1. The standard InChI is InChI=1S/C12H14ClN3O2S2/c1-8-9(4-14)2-10(13)3-12(8)20(17,18)16-5-11-6-19-7-15-11/h2-3,6-7,16H,4-5,14H2,1H3. The smallest absolute Gasteiger partial charge is 0.241 e. The van der Waals surface area contributed by atoms with E-state index in [-0.39, 0.29) is 18.0 Å². The van der Waals surface area contributed by atoms with Crippen molar-refractivity contribution in [1.29, 1.82) is 0 Å². The third-order valence-corrected chi connectivity index (χ3v) is 5.25. The van der Waals surface area contributed by atoms with E-state index in [1.165, 1.54) is 17.4 Å². The van der Waals surface area contributed by atoms with Crippen LogP contribution in [-0.4, -0.2) is 13.4 Å². The Balaban J connectivity index is 2.31. The predicted molar refractivity (Wildman–Crippen MR) is 80.2 cm³/mol. The average Bonchev–Trinajstić information content (AvgIpc) is 2.92. The lowest BCUT2D eigenvalue weighted by Gasteiger charge is -2.12. The molecule has 0 bridgehead atoms. The summed E-state index contributed by atoms with van der Waals surface area (Å²) in [6.07, 6.45) is 0. The first kappa shape index (κ1) is 15.4. The molecular formula is C12H14ClN3O2S2. The lowest BCUT2D eigenvalue weighted by molar-refractivity contribution is 0.580. The molecule has 1 heterocycles. The summed E-state index contributed by atoms with van der Waals surface area (Å²) in [5.74, 6) is 0. The van der Waals surface area contributed by atoms with E-state index >= 15 is 0 Å². The maximum absolute atomic E-state index is 12.3. The Morgan fingerprint density at radius 2 is 2.20 bits per heavy atom. The average molecular weight is 332 g/mol. The van der Waals surface area contributed by atoms with Crippen molar-refractivity contribution >= 4 is 33.0 Å². The Morgan fingerprint density at radius 3 is 2.80 bits per heavy atom. The van der Waals surface area contributed by atoms with Crippen LogP contribution in [0.25, 0.3) is 0 Å². The number of benzene rings is 1. The van der Waals surface area contributed by atoms with E-state index in [4.69, 9.17) is 17.3 Å². The lowest BCUT2D eigenvalue weighted by Crippen LogP contribution is -2.24. The highest BCUT2D eigenvalue weighted by Gasteiger charge is 2.19. The van der Waals surface area contributed by atoms with Crippen molar-refractivity contribution in [3.8, 4) is 0 Å². The SMILES string of the molecule is Cc1c(CN)cc(Cl)cc1S(=O)(=O)NCc1cscn1. The zero-order valence-electron chi connectivity index (χ0n) is 10.8. The number of nitrogens with two attached hydrogens (primary N) is 1. The van der Waals surface area contributed by atoms with Gasteiger partial charge in [0, 0.05) is 16.9 Å². The van der Waals surface area contributed by atoms with E-state index in [1.807, 2.05) is 0 Å². The fourth-order valence-corrected chi connectivity index (χ4v) is 3.94. The molecule has 0 radical (unpaired) electrons. The molecule has 108 valence electrons. The third-order valence-electron chi connectivity index (χ3n) is 2.87. The van der Waals surface area contributed by atoms with Crippen LogP contribution in [0.5, 0.6) is 0 Å². The predicted octanol–water partition coefficient (Wildman–Crippen LogP) is 2.04. The number of hydrogen-bond acceptors (Lipinski definition) is 5. The summed E-state index contributed by atoms with van der Waals surface area (Å²) in [5.41, 5.74) is 9.26. The summed E-state index contributed by atoms with van der Waals surface area (Å²) in [4.78, 5) is 4.19. The summed E-state index contributed by atoms with van der Waals surface area (Å²) in [7, 11) is -3.65. The molecule has 2 rings (SSSR count). The summed E-state index contributed by atoms with van der Waals surface area (Å²) in [5, 5.41) is 2.14. The van der Waals surface area contributed by atoms with E-state index in [0.717, 1.165) is 0 Å². The van der Waals surface area contributed by atoms with E-state index in [2.05, 4.69) is 9.71 Å². The molecule has 1 aromatic heterocycles. The van der Waals surface area contributed by atoms with Gasteiger partial charge in [0.05, 0.1) is 22.6 Å². The van der Waals surface area contributed by atoms with Gasteiger partial charge in [-0.15, -0.1) is 11.3 Å². The van der Waals surface area contributed by atoms with Gasteiger partial charge < -0.3 is 5.73 Å². The minimum Gasteiger partial charge on any atom is -0.326 e. The van der Waals surface area contributed by atoms with Gasteiger partial charge in [-0.25, -0.2) is 18.1 Å². The van der Waals surface area contributed by atoms with Crippen LogP contribution in [-0.2, 0) is 23.1 Å². The van der Waals surface area contributed by atoms with Crippen molar-refractivity contribution in [2.45, 2.75) is 24.9 Å². The number of rotatable bonds is 5. The van der Waals surface area contributed by atoms with Crippen molar-refractivity contribution in [1.82, 2.24) is 9.71 Å². The van der Waals surface area contributed by atoms with Gasteiger partial charge in [0.2, 0.25) is 10.0 Å². The van der Waals surface area contributed by atoms with Gasteiger partial charge in [-0.3, -0.25) is 0 Å². The van der Waals surface area contributed by atoms with Crippen molar-refractivity contribution in [2.75, 3.05) is 0 Å². The summed E-state index contributed by atoms with van der Waals surface area (Å²) >= 11 is 7.36. The highest BCUT2D eigenvalue weighted by molar-refractivity contribution is 7.89. The van der Waals surface area contributed by atoms with Crippen molar-refractivity contribution in [2.24, 2.45) is 5.73 Å². The van der Waals surface area contributed by atoms with Gasteiger partial charge in [0.15, 0.2) is 0 Å². The van der Waals surface area contributed by atoms with Gasteiger partial charge in [-0.05, 0) is 30.2 Å². The van der Waals surface area contributed by atoms with Crippen LogP contribution >= 0.6 is 22.9 Å². The molecule has 0 saturated carbocycles. The Morgan fingerprint density at radius 1 is 1.45 bits per heavy atom. The molecule has 0 aliphatic heterocycles. The Hall–Kier alpha value is -0.990. The third kappa shape index (κ3) is 3.36. The van der Waals surface area contributed by atoms with Crippen LogP contribution in [0.2, 0.25) is 5.02 Å². The van der Waals surface area contributed by atoms with Crippen LogP contribution in [0.15, 0.2) is 27.9 Å². The molecule has 0 spiro atoms. The second kappa shape index (κ2) is 6.19. The number of nitrogens with zero attached hydrogens (tertiary/aromatic N) is 1. The molecule has 0 saturated heterocycles. The number of hydrogen-bond donors (Lipinski definition) is 2. The molecule has 0 unspecified atom stereocenters. The topological polar surface area (TPSA) is 85.1 Å². The number of sulfonamides is 1. The molecule has 0 amide bonds. The number of nitrogens with one attached hydrogen (secondary N) is 1. The Kier molecular flexibility index (Phi) is 4.77. The molecule has 5 nitrogen and oxygen atoms in total. The van der Waals surface area contributed by atoms with Crippen LogP contribution in [0.3, 0.4) is 0 Å². The molecule has 0 fully saturated rings. The molecule has 0 aliphatic rings. The van der Waals surface area contributed by atoms with Crippen LogP contribution in [0.1, 0.15) is 16.8 Å². The quantitative estimate of drug-likeness (QED) is 0.878. The first-order valence-electron chi connectivity index (χ1n) is 5.80. The van der Waals surface area contributed by atoms with Crippen LogP contribution < -0.4 is 10.5 Å². The second-order valence-corrected chi connectivity index (χ2v) is 7.09. The van der Waals surface area contributed by atoms with Crippen molar-refractivity contribution in [3.05, 3.63) is 44.9 Å². The van der Waals surface area contributed by atoms with E-state index in [0.29, 0.717) is 21.8 Å². The molecule has 3 N–H and O–H groups in total. The highest BCUT2D eigenvalue weighted by Crippen LogP contribution is 2.24. The fraction of sp³-hybridized carbons (Fsp3) is 0.250. The van der Waals surface area contributed by atoms with Gasteiger partial charge in [-0.2, -0.15) is 0 Å². The van der Waals surface area contributed by atoms with Gasteiger partial charge in [0.1, 0.15) is 0 Å². The van der Waals surface area contributed by atoms with Crippen molar-refractivity contribution in [3.63, 3.8) is 0 Å². The molecular weight excluding hydrogens is 318 g/mol. The summed E-state index contributed by atoms with van der Waals surface area (Å²) in [6, 6.07) is 3.11. The number of halogens is 1. The summed E-state index contributed by atoms with van der Waals surface area (Å²) in [6.45, 7) is 2.10. The number of thiazole rings is 1. The van der Waals surface area contributed by atoms with E-state index < -0.39 is 10.0 Å². The maximum atomic E-state index is 12.3. The van der Waals surface area contributed by atoms with Gasteiger partial charge in [-0.1, -0.05) is 11.6 Å². The van der Waals surface area contributed by atoms with Gasteiger partial charge >= 0.3 is 0 Å². The van der Waals surface area contributed by atoms with E-state index in [1.54, 1.807) is 23.9 Å². The van der Waals surface area contributed by atoms with Crippen LogP contribution in [0.4, 0.5) is 0 Å². The minimum atomic E-state index is -3.65. The second-order valence-electron chi connectivity index (χ2n) is 4.20. The monoisotopic (exact) mass is 331 g/mol. The molecule has 2 aromatic rings. The fourth-order valence-electron chi connectivity index (χ4n) is 1.77. The molecule has 0 atom stereocenters. The van der Waals surface area contributed by atoms with E-state index in [9.17, 15) is 8.42 Å². The molecule has 1 aromatic carbocycles. The maximum Gasteiger partial charge on any atom is 0.241 e. The molecule has 8 heteroatoms.